The first kappa shape index (κ1) is 16.8. The molecule has 0 aliphatic carbocycles. The Morgan fingerprint density at radius 1 is 1.04 bits per heavy atom. The maximum absolute atomic E-state index is 11.9. The smallest absolute Gasteiger partial charge is 0.239 e. The summed E-state index contributed by atoms with van der Waals surface area (Å²) in [6, 6.07) is 14.5. The molecule has 0 unspecified atom stereocenters. The van der Waals surface area contributed by atoms with Gasteiger partial charge in [-0.05, 0) is 29.8 Å². The number of anilines is 2. The van der Waals surface area contributed by atoms with Crippen LogP contribution in [0.4, 0.5) is 11.4 Å². The molecule has 0 bridgehead atoms. The quantitative estimate of drug-likeness (QED) is 0.762. The largest absolute Gasteiger partial charge is 0.374 e. The van der Waals surface area contributed by atoms with E-state index in [2.05, 4.69) is 16.0 Å². The summed E-state index contributed by atoms with van der Waals surface area (Å²) in [4.78, 5) is 23.1. The monoisotopic (exact) mass is 331 g/mol. The van der Waals surface area contributed by atoms with Gasteiger partial charge in [0.2, 0.25) is 11.8 Å². The molecule has 23 heavy (non-hydrogen) atoms. The number of rotatable bonds is 6. The first-order valence-corrected chi connectivity index (χ1v) is 7.54. The van der Waals surface area contributed by atoms with Crippen LogP contribution in [0.5, 0.6) is 0 Å². The fraction of sp³-hybridized carbons (Fsp3) is 0.176. The van der Waals surface area contributed by atoms with Gasteiger partial charge in [-0.1, -0.05) is 35.9 Å². The van der Waals surface area contributed by atoms with E-state index < -0.39 is 0 Å². The van der Waals surface area contributed by atoms with E-state index in [-0.39, 0.29) is 18.4 Å². The average Bonchev–Trinajstić information content (AvgIpc) is 2.51. The molecule has 6 heteroatoms. The van der Waals surface area contributed by atoms with Gasteiger partial charge in [0.1, 0.15) is 0 Å². The number of halogens is 1. The van der Waals surface area contributed by atoms with Crippen LogP contribution >= 0.6 is 11.6 Å². The second kappa shape index (κ2) is 8.19. The minimum Gasteiger partial charge on any atom is -0.374 e. The molecular weight excluding hydrogens is 314 g/mol. The molecule has 0 saturated carbocycles. The SMILES string of the molecule is CC(=O)Nc1ccccc1NCC(=O)NCc1cccc(Cl)c1. The molecule has 2 rings (SSSR count). The van der Waals surface area contributed by atoms with Crippen LogP contribution in [0.1, 0.15) is 12.5 Å². The van der Waals surface area contributed by atoms with Gasteiger partial charge in [0, 0.05) is 18.5 Å². The zero-order chi connectivity index (χ0) is 16.7. The van der Waals surface area contributed by atoms with Crippen molar-refractivity contribution in [3.63, 3.8) is 0 Å². The number of carbonyl (C=O) groups excluding carboxylic acids is 2. The fourth-order valence-electron chi connectivity index (χ4n) is 2.02. The van der Waals surface area contributed by atoms with Crippen molar-refractivity contribution in [2.45, 2.75) is 13.5 Å². The van der Waals surface area contributed by atoms with Crippen molar-refractivity contribution in [3.05, 3.63) is 59.1 Å². The maximum Gasteiger partial charge on any atom is 0.239 e. The van der Waals surface area contributed by atoms with E-state index in [9.17, 15) is 9.59 Å². The molecule has 0 fully saturated rings. The van der Waals surface area contributed by atoms with Gasteiger partial charge in [-0.2, -0.15) is 0 Å². The Balaban J connectivity index is 1.86. The van der Waals surface area contributed by atoms with Gasteiger partial charge in [0.25, 0.3) is 0 Å². The topological polar surface area (TPSA) is 70.2 Å². The van der Waals surface area contributed by atoms with E-state index in [1.54, 1.807) is 24.3 Å². The van der Waals surface area contributed by atoms with Crippen molar-refractivity contribution in [2.75, 3.05) is 17.2 Å². The van der Waals surface area contributed by atoms with Crippen molar-refractivity contribution in [2.24, 2.45) is 0 Å². The van der Waals surface area contributed by atoms with Crippen molar-refractivity contribution in [1.29, 1.82) is 0 Å². The highest BCUT2D eigenvalue weighted by Gasteiger charge is 2.06. The second-order valence-corrected chi connectivity index (χ2v) is 5.42. The Bertz CT molecular complexity index is 704. The first-order chi connectivity index (χ1) is 11.0. The summed E-state index contributed by atoms with van der Waals surface area (Å²) in [5.41, 5.74) is 2.27. The predicted octanol–water partition coefficient (Wildman–Crippen LogP) is 3.03. The molecule has 0 radical (unpaired) electrons. The van der Waals surface area contributed by atoms with E-state index in [1.165, 1.54) is 6.92 Å². The average molecular weight is 332 g/mol. The van der Waals surface area contributed by atoms with Crippen LogP contribution in [0.3, 0.4) is 0 Å². The summed E-state index contributed by atoms with van der Waals surface area (Å²) in [7, 11) is 0. The number of para-hydroxylation sites is 2. The van der Waals surface area contributed by atoms with Gasteiger partial charge >= 0.3 is 0 Å². The molecule has 0 aliphatic rings. The third-order valence-electron chi connectivity index (χ3n) is 3.06. The Morgan fingerprint density at radius 2 is 1.78 bits per heavy atom. The molecule has 5 nitrogen and oxygen atoms in total. The third kappa shape index (κ3) is 5.64. The molecule has 0 heterocycles. The Morgan fingerprint density at radius 3 is 2.48 bits per heavy atom. The molecule has 120 valence electrons. The first-order valence-electron chi connectivity index (χ1n) is 7.16. The molecule has 0 aromatic heterocycles. The van der Waals surface area contributed by atoms with Crippen LogP contribution < -0.4 is 16.0 Å². The van der Waals surface area contributed by atoms with Gasteiger partial charge < -0.3 is 16.0 Å². The molecule has 3 N–H and O–H groups in total. The summed E-state index contributed by atoms with van der Waals surface area (Å²) in [5.74, 6) is -0.313. The lowest BCUT2D eigenvalue weighted by molar-refractivity contribution is -0.119. The number of amides is 2. The van der Waals surface area contributed by atoms with Crippen LogP contribution in [-0.2, 0) is 16.1 Å². The highest BCUT2D eigenvalue weighted by atomic mass is 35.5. The Hall–Kier alpha value is -2.53. The van der Waals surface area contributed by atoms with Gasteiger partial charge in [-0.25, -0.2) is 0 Å². The summed E-state index contributed by atoms with van der Waals surface area (Å²) >= 11 is 5.90. The lowest BCUT2D eigenvalue weighted by Crippen LogP contribution is -2.29. The number of carbonyl (C=O) groups is 2. The zero-order valence-electron chi connectivity index (χ0n) is 12.7. The van der Waals surface area contributed by atoms with Gasteiger partial charge in [-0.15, -0.1) is 0 Å². The molecule has 0 aliphatic heterocycles. The van der Waals surface area contributed by atoms with Crippen molar-refractivity contribution in [3.8, 4) is 0 Å². The standard InChI is InChI=1S/C17H18ClN3O2/c1-12(22)21-16-8-3-2-7-15(16)19-11-17(23)20-10-13-5-4-6-14(18)9-13/h2-9,19H,10-11H2,1H3,(H,20,23)(H,21,22). The van der Waals surface area contributed by atoms with Crippen molar-refractivity contribution < 1.29 is 9.59 Å². The number of nitrogens with one attached hydrogen (secondary N) is 3. The highest BCUT2D eigenvalue weighted by Crippen LogP contribution is 2.20. The van der Waals surface area contributed by atoms with Crippen LogP contribution in [0, 0.1) is 0 Å². The molecule has 2 amide bonds. The molecular formula is C17H18ClN3O2. The maximum atomic E-state index is 11.9. The number of hydrogen-bond acceptors (Lipinski definition) is 3. The van der Waals surface area contributed by atoms with E-state index in [0.29, 0.717) is 22.9 Å². The summed E-state index contributed by atoms with van der Waals surface area (Å²) in [6.45, 7) is 1.96. The van der Waals surface area contributed by atoms with Gasteiger partial charge in [-0.3, -0.25) is 9.59 Å². The fourth-order valence-corrected chi connectivity index (χ4v) is 2.23. The lowest BCUT2D eigenvalue weighted by atomic mass is 10.2. The highest BCUT2D eigenvalue weighted by molar-refractivity contribution is 6.30. The second-order valence-electron chi connectivity index (χ2n) is 4.99. The minimum absolute atomic E-state index is 0.108. The zero-order valence-corrected chi connectivity index (χ0v) is 13.5. The summed E-state index contributed by atoms with van der Waals surface area (Å²) in [6.07, 6.45) is 0. The van der Waals surface area contributed by atoms with Crippen LogP contribution in [0.15, 0.2) is 48.5 Å². The van der Waals surface area contributed by atoms with Crippen LogP contribution in [0.25, 0.3) is 0 Å². The molecule has 0 spiro atoms. The minimum atomic E-state index is -0.162. The summed E-state index contributed by atoms with van der Waals surface area (Å²) < 4.78 is 0. The number of hydrogen-bond donors (Lipinski definition) is 3. The molecule has 0 atom stereocenters. The van der Waals surface area contributed by atoms with Crippen molar-refractivity contribution in [1.82, 2.24) is 5.32 Å². The van der Waals surface area contributed by atoms with E-state index >= 15 is 0 Å². The normalized spacial score (nSPS) is 10.0. The van der Waals surface area contributed by atoms with Crippen LogP contribution in [0.2, 0.25) is 5.02 Å². The predicted molar refractivity (Wildman–Crippen MR) is 92.5 cm³/mol. The lowest BCUT2D eigenvalue weighted by Gasteiger charge is -2.12. The van der Waals surface area contributed by atoms with Crippen molar-refractivity contribution >= 4 is 34.8 Å². The Labute approximate surface area is 140 Å². The van der Waals surface area contributed by atoms with Crippen LogP contribution in [-0.4, -0.2) is 18.4 Å². The van der Waals surface area contributed by atoms with Gasteiger partial charge in [0.05, 0.1) is 17.9 Å². The van der Waals surface area contributed by atoms with E-state index in [4.69, 9.17) is 11.6 Å². The molecule has 2 aromatic rings. The van der Waals surface area contributed by atoms with E-state index in [1.807, 2.05) is 24.3 Å². The van der Waals surface area contributed by atoms with E-state index in [0.717, 1.165) is 5.56 Å². The molecule has 0 saturated heterocycles. The Kier molecular flexibility index (Phi) is 6.00. The number of benzene rings is 2. The molecule has 2 aromatic carbocycles. The third-order valence-corrected chi connectivity index (χ3v) is 3.29. The van der Waals surface area contributed by atoms with Gasteiger partial charge in [0.15, 0.2) is 0 Å². The summed E-state index contributed by atoms with van der Waals surface area (Å²) in [5, 5.41) is 9.17.